The van der Waals surface area contributed by atoms with E-state index >= 15 is 0 Å². The number of hydrogen-bond acceptors (Lipinski definition) is 8. The van der Waals surface area contributed by atoms with Crippen LogP contribution in [-0.4, -0.2) is 53.1 Å². The SMILES string of the molecule is COc1cc2c(Oc3ccc4cc(C)[nH]c4c3)cnnc2cc1OC(C(=O)OC(C)(C)C)C1CCNCC1. The second-order valence-electron chi connectivity index (χ2n) is 10.7. The predicted octanol–water partition coefficient (Wildman–Crippen LogP) is 5.31. The summed E-state index contributed by atoms with van der Waals surface area (Å²) in [6, 6.07) is 11.5. The normalized spacial score (nSPS) is 15.4. The van der Waals surface area contributed by atoms with Crippen LogP contribution in [0.2, 0.25) is 0 Å². The Balaban J connectivity index is 1.47. The molecule has 9 heteroatoms. The van der Waals surface area contributed by atoms with Crippen molar-refractivity contribution >= 4 is 27.8 Å². The number of carbonyl (C=O) groups is 1. The van der Waals surface area contributed by atoms with E-state index in [0.29, 0.717) is 33.9 Å². The van der Waals surface area contributed by atoms with Gasteiger partial charge in [0.1, 0.15) is 16.9 Å². The van der Waals surface area contributed by atoms with Crippen LogP contribution in [0.5, 0.6) is 23.0 Å². The van der Waals surface area contributed by atoms with Crippen molar-refractivity contribution in [2.24, 2.45) is 5.92 Å². The maximum Gasteiger partial charge on any atom is 0.348 e. The molecule has 1 unspecified atom stereocenters. The number of rotatable bonds is 7. The van der Waals surface area contributed by atoms with Crippen LogP contribution in [0.4, 0.5) is 0 Å². The molecule has 38 heavy (non-hydrogen) atoms. The van der Waals surface area contributed by atoms with Gasteiger partial charge in [0.15, 0.2) is 23.4 Å². The molecule has 5 rings (SSSR count). The summed E-state index contributed by atoms with van der Waals surface area (Å²) >= 11 is 0. The summed E-state index contributed by atoms with van der Waals surface area (Å²) < 4.78 is 24.0. The number of methoxy groups -OCH3 is 1. The van der Waals surface area contributed by atoms with E-state index in [2.05, 4.69) is 26.6 Å². The molecule has 0 amide bonds. The van der Waals surface area contributed by atoms with Gasteiger partial charge in [0.25, 0.3) is 0 Å². The second-order valence-corrected chi connectivity index (χ2v) is 10.7. The second kappa shape index (κ2) is 10.5. The van der Waals surface area contributed by atoms with E-state index in [1.54, 1.807) is 25.4 Å². The van der Waals surface area contributed by atoms with E-state index < -0.39 is 11.7 Å². The van der Waals surface area contributed by atoms with Crippen LogP contribution in [0.15, 0.2) is 42.6 Å². The fourth-order valence-electron chi connectivity index (χ4n) is 4.80. The first-order chi connectivity index (χ1) is 18.2. The highest BCUT2D eigenvalue weighted by Gasteiger charge is 2.35. The van der Waals surface area contributed by atoms with Crippen molar-refractivity contribution in [1.82, 2.24) is 20.5 Å². The molecule has 0 radical (unpaired) electrons. The standard InChI is InChI=1S/C29H34N4O5/c1-17-12-19-6-7-20(13-22(19)32-17)36-26-16-31-33-23-15-25(24(35-5)14-21(23)26)37-27(18-8-10-30-11-9-18)28(34)38-29(2,3)4/h6-7,12-16,18,27,30,32H,8-11H2,1-5H3. The third kappa shape index (κ3) is 5.67. The number of ether oxygens (including phenoxy) is 4. The quantitative estimate of drug-likeness (QED) is 0.317. The molecule has 1 aliphatic rings. The number of H-pyrrole nitrogens is 1. The number of nitrogens with one attached hydrogen (secondary N) is 2. The van der Waals surface area contributed by atoms with Crippen LogP contribution in [0.1, 0.15) is 39.3 Å². The van der Waals surface area contributed by atoms with Crippen molar-refractivity contribution in [2.75, 3.05) is 20.2 Å². The molecule has 9 nitrogen and oxygen atoms in total. The zero-order valence-electron chi connectivity index (χ0n) is 22.5. The lowest BCUT2D eigenvalue weighted by atomic mass is 9.92. The number of fused-ring (bicyclic) bond motifs is 2. The number of nitrogens with zero attached hydrogens (tertiary/aromatic N) is 2. The minimum atomic E-state index is -0.772. The number of piperidine rings is 1. The summed E-state index contributed by atoms with van der Waals surface area (Å²) in [5.41, 5.74) is 2.01. The highest BCUT2D eigenvalue weighted by atomic mass is 16.6. The lowest BCUT2D eigenvalue weighted by Crippen LogP contribution is -2.44. The van der Waals surface area contributed by atoms with Gasteiger partial charge in [0.2, 0.25) is 0 Å². The lowest BCUT2D eigenvalue weighted by molar-refractivity contribution is -0.166. The monoisotopic (exact) mass is 518 g/mol. The van der Waals surface area contributed by atoms with Crippen LogP contribution < -0.4 is 19.5 Å². The van der Waals surface area contributed by atoms with Gasteiger partial charge in [-0.3, -0.25) is 0 Å². The summed E-state index contributed by atoms with van der Waals surface area (Å²) in [5, 5.41) is 13.6. The van der Waals surface area contributed by atoms with Gasteiger partial charge < -0.3 is 29.2 Å². The lowest BCUT2D eigenvalue weighted by Gasteiger charge is -2.32. The molecule has 3 heterocycles. The molecular weight excluding hydrogens is 484 g/mol. The Morgan fingerprint density at radius 1 is 1.05 bits per heavy atom. The first-order valence-electron chi connectivity index (χ1n) is 12.9. The number of aromatic amines is 1. The maximum absolute atomic E-state index is 13.2. The fourth-order valence-corrected chi connectivity index (χ4v) is 4.80. The molecule has 0 spiro atoms. The Morgan fingerprint density at radius 2 is 1.84 bits per heavy atom. The number of benzene rings is 2. The topological polar surface area (TPSA) is 108 Å². The van der Waals surface area contributed by atoms with Crippen LogP contribution >= 0.6 is 0 Å². The van der Waals surface area contributed by atoms with Gasteiger partial charge in [-0.1, -0.05) is 0 Å². The Hall–Kier alpha value is -3.85. The largest absolute Gasteiger partial charge is 0.493 e. The highest BCUT2D eigenvalue weighted by Crippen LogP contribution is 2.38. The average Bonchev–Trinajstić information content (AvgIpc) is 3.25. The van der Waals surface area contributed by atoms with E-state index in [0.717, 1.165) is 42.5 Å². The van der Waals surface area contributed by atoms with Crippen molar-refractivity contribution in [1.29, 1.82) is 0 Å². The van der Waals surface area contributed by atoms with Crippen molar-refractivity contribution in [3.63, 3.8) is 0 Å². The summed E-state index contributed by atoms with van der Waals surface area (Å²) in [6.45, 7) is 9.22. The molecule has 1 fully saturated rings. The van der Waals surface area contributed by atoms with Crippen molar-refractivity contribution in [3.8, 4) is 23.0 Å². The number of hydrogen-bond donors (Lipinski definition) is 2. The molecule has 200 valence electrons. The molecule has 0 aliphatic carbocycles. The van der Waals surface area contributed by atoms with E-state index in [1.165, 1.54) is 0 Å². The van der Waals surface area contributed by atoms with Gasteiger partial charge in [-0.2, -0.15) is 10.2 Å². The summed E-state index contributed by atoms with van der Waals surface area (Å²) in [6.07, 6.45) is 2.42. The van der Waals surface area contributed by atoms with Crippen LogP contribution in [0.25, 0.3) is 21.8 Å². The zero-order valence-corrected chi connectivity index (χ0v) is 22.5. The minimum Gasteiger partial charge on any atom is -0.493 e. The molecule has 1 aliphatic heterocycles. The van der Waals surface area contributed by atoms with Crippen molar-refractivity contribution in [2.45, 2.75) is 52.2 Å². The average molecular weight is 519 g/mol. The molecule has 0 bridgehead atoms. The number of carbonyl (C=O) groups excluding carboxylic acids is 1. The first-order valence-corrected chi connectivity index (χ1v) is 12.9. The first kappa shape index (κ1) is 25.8. The van der Waals surface area contributed by atoms with Gasteiger partial charge in [-0.15, -0.1) is 0 Å². The minimum absolute atomic E-state index is 0.0128. The van der Waals surface area contributed by atoms with E-state index in [1.807, 2.05) is 45.9 Å². The molecule has 2 aromatic heterocycles. The third-order valence-corrected chi connectivity index (χ3v) is 6.55. The molecule has 1 saturated heterocycles. The van der Waals surface area contributed by atoms with Gasteiger partial charge in [0.05, 0.1) is 18.7 Å². The zero-order chi connectivity index (χ0) is 26.9. The van der Waals surface area contributed by atoms with E-state index in [9.17, 15) is 4.79 Å². The maximum atomic E-state index is 13.2. The molecule has 4 aromatic rings. The molecular formula is C29H34N4O5. The van der Waals surface area contributed by atoms with Crippen LogP contribution in [0, 0.1) is 12.8 Å². The summed E-state index contributed by atoms with van der Waals surface area (Å²) in [4.78, 5) is 16.5. The Bertz CT molecular complexity index is 1450. The van der Waals surface area contributed by atoms with Gasteiger partial charge in [-0.25, -0.2) is 4.79 Å². The van der Waals surface area contributed by atoms with Crippen molar-refractivity contribution < 1.29 is 23.7 Å². The Kier molecular flexibility index (Phi) is 7.12. The molecule has 2 aromatic carbocycles. The van der Waals surface area contributed by atoms with E-state index in [4.69, 9.17) is 18.9 Å². The molecule has 0 saturated carbocycles. The predicted molar refractivity (Wildman–Crippen MR) is 145 cm³/mol. The highest BCUT2D eigenvalue weighted by molar-refractivity contribution is 5.88. The van der Waals surface area contributed by atoms with Crippen LogP contribution in [0.3, 0.4) is 0 Å². The number of esters is 1. The molecule has 2 N–H and O–H groups in total. The van der Waals surface area contributed by atoms with Gasteiger partial charge >= 0.3 is 5.97 Å². The van der Waals surface area contributed by atoms with Crippen molar-refractivity contribution in [3.05, 3.63) is 48.3 Å². The van der Waals surface area contributed by atoms with Gasteiger partial charge in [-0.05, 0) is 83.3 Å². The van der Waals surface area contributed by atoms with Crippen LogP contribution in [-0.2, 0) is 9.53 Å². The van der Waals surface area contributed by atoms with Gasteiger partial charge in [0, 0.05) is 29.3 Å². The Labute approximate surface area is 221 Å². The summed E-state index contributed by atoms with van der Waals surface area (Å²) in [5.74, 6) is 1.70. The number of aromatic nitrogens is 3. The number of aryl methyl sites for hydroxylation is 1. The summed E-state index contributed by atoms with van der Waals surface area (Å²) in [7, 11) is 1.57. The smallest absolute Gasteiger partial charge is 0.348 e. The third-order valence-electron chi connectivity index (χ3n) is 6.55. The van der Waals surface area contributed by atoms with E-state index in [-0.39, 0.29) is 11.9 Å². The molecule has 1 atom stereocenters. The Morgan fingerprint density at radius 3 is 2.58 bits per heavy atom. The fraction of sp³-hybridized carbons (Fsp3) is 0.414.